The minimum Gasteiger partial charge on any atom is -0.352 e. The first-order valence-corrected chi connectivity index (χ1v) is 13.7. The lowest BCUT2D eigenvalue weighted by Crippen LogP contribution is -2.52. The lowest BCUT2D eigenvalue weighted by atomic mass is 10.0. The van der Waals surface area contributed by atoms with Crippen LogP contribution in [0.4, 0.5) is 4.39 Å². The van der Waals surface area contributed by atoms with Crippen molar-refractivity contribution in [2.24, 2.45) is 0 Å². The molecule has 2 amide bonds. The van der Waals surface area contributed by atoms with Crippen LogP contribution >= 0.6 is 11.8 Å². The topological polar surface area (TPSA) is 49.4 Å². The summed E-state index contributed by atoms with van der Waals surface area (Å²) in [5, 5.41) is 3.23. The second-order valence-corrected chi connectivity index (χ2v) is 10.3. The van der Waals surface area contributed by atoms with Crippen LogP contribution in [0.25, 0.3) is 0 Å². The molecular formula is C30H33FN2O2S. The van der Waals surface area contributed by atoms with Crippen molar-refractivity contribution < 1.29 is 14.0 Å². The third-order valence-electron chi connectivity index (χ3n) is 6.58. The molecule has 4 nitrogen and oxygen atoms in total. The van der Waals surface area contributed by atoms with E-state index in [1.807, 2.05) is 60.7 Å². The SMILES string of the molecule is O=C(NC1CCCC1)C(Cc1ccccc1)N(Cc1ccccc1)C(=O)CSCc1ccc(F)cc1. The van der Waals surface area contributed by atoms with Gasteiger partial charge < -0.3 is 10.2 Å². The quantitative estimate of drug-likeness (QED) is 0.361. The molecule has 4 rings (SSSR count). The average Bonchev–Trinajstić information content (AvgIpc) is 3.41. The van der Waals surface area contributed by atoms with Crippen LogP contribution in [0, 0.1) is 5.82 Å². The number of benzene rings is 3. The Morgan fingerprint density at radius 1 is 0.861 bits per heavy atom. The molecule has 1 aliphatic rings. The van der Waals surface area contributed by atoms with Crippen molar-refractivity contribution in [2.45, 2.75) is 56.5 Å². The Balaban J connectivity index is 1.53. The van der Waals surface area contributed by atoms with Crippen LogP contribution < -0.4 is 5.32 Å². The van der Waals surface area contributed by atoms with Gasteiger partial charge >= 0.3 is 0 Å². The number of amides is 2. The first-order chi connectivity index (χ1) is 17.6. The highest BCUT2D eigenvalue weighted by Gasteiger charge is 2.32. The average molecular weight is 505 g/mol. The summed E-state index contributed by atoms with van der Waals surface area (Å²) in [5.74, 6) is 0.410. The van der Waals surface area contributed by atoms with Crippen molar-refractivity contribution >= 4 is 23.6 Å². The number of halogens is 1. The van der Waals surface area contributed by atoms with E-state index in [0.717, 1.165) is 42.4 Å². The number of carbonyl (C=O) groups is 2. The predicted molar refractivity (Wildman–Crippen MR) is 144 cm³/mol. The molecule has 1 saturated carbocycles. The molecule has 1 atom stereocenters. The summed E-state index contributed by atoms with van der Waals surface area (Å²) in [6.45, 7) is 0.367. The molecule has 0 bridgehead atoms. The molecule has 0 saturated heterocycles. The van der Waals surface area contributed by atoms with E-state index in [2.05, 4.69) is 5.32 Å². The van der Waals surface area contributed by atoms with Crippen LogP contribution in [0.2, 0.25) is 0 Å². The summed E-state index contributed by atoms with van der Waals surface area (Å²) < 4.78 is 13.2. The van der Waals surface area contributed by atoms with Gasteiger partial charge in [0.2, 0.25) is 11.8 Å². The Labute approximate surface area is 217 Å². The minimum absolute atomic E-state index is 0.0755. The number of hydrogen-bond acceptors (Lipinski definition) is 3. The summed E-state index contributed by atoms with van der Waals surface area (Å²) in [4.78, 5) is 29.0. The monoisotopic (exact) mass is 504 g/mol. The molecule has 0 heterocycles. The molecule has 1 fully saturated rings. The van der Waals surface area contributed by atoms with E-state index in [4.69, 9.17) is 0 Å². The third kappa shape index (κ3) is 7.69. The molecule has 6 heteroatoms. The zero-order valence-corrected chi connectivity index (χ0v) is 21.3. The van der Waals surface area contributed by atoms with Crippen LogP contribution in [-0.2, 0) is 28.3 Å². The molecular weight excluding hydrogens is 471 g/mol. The van der Waals surface area contributed by atoms with Gasteiger partial charge in [-0.25, -0.2) is 4.39 Å². The van der Waals surface area contributed by atoms with Crippen LogP contribution in [0.15, 0.2) is 84.9 Å². The van der Waals surface area contributed by atoms with Gasteiger partial charge in [0.1, 0.15) is 11.9 Å². The maximum absolute atomic E-state index is 13.6. The number of rotatable bonds is 11. The highest BCUT2D eigenvalue weighted by Crippen LogP contribution is 2.21. The Bertz CT molecular complexity index is 1100. The molecule has 1 N–H and O–H groups in total. The number of nitrogens with one attached hydrogen (secondary N) is 1. The molecule has 188 valence electrons. The van der Waals surface area contributed by atoms with E-state index < -0.39 is 6.04 Å². The van der Waals surface area contributed by atoms with E-state index in [1.165, 1.54) is 23.9 Å². The highest BCUT2D eigenvalue weighted by atomic mass is 32.2. The molecule has 3 aromatic rings. The molecule has 36 heavy (non-hydrogen) atoms. The first kappa shape index (κ1) is 26.0. The molecule has 1 unspecified atom stereocenters. The van der Waals surface area contributed by atoms with Crippen molar-refractivity contribution in [1.82, 2.24) is 10.2 Å². The summed E-state index contributed by atoms with van der Waals surface area (Å²) in [6.07, 6.45) is 4.69. The van der Waals surface area contributed by atoms with Crippen molar-refractivity contribution in [1.29, 1.82) is 0 Å². The van der Waals surface area contributed by atoms with Gasteiger partial charge in [0, 0.05) is 24.8 Å². The first-order valence-electron chi connectivity index (χ1n) is 12.6. The zero-order chi connectivity index (χ0) is 25.2. The van der Waals surface area contributed by atoms with Gasteiger partial charge in [-0.15, -0.1) is 11.8 Å². The van der Waals surface area contributed by atoms with Crippen LogP contribution in [0.3, 0.4) is 0 Å². The Morgan fingerprint density at radius 2 is 1.47 bits per heavy atom. The third-order valence-corrected chi connectivity index (χ3v) is 7.56. The molecule has 0 aromatic heterocycles. The summed E-state index contributed by atoms with van der Waals surface area (Å²) >= 11 is 1.48. The maximum Gasteiger partial charge on any atom is 0.243 e. The fourth-order valence-corrected chi connectivity index (χ4v) is 5.49. The second-order valence-electron chi connectivity index (χ2n) is 9.32. The molecule has 0 radical (unpaired) electrons. The number of thioether (sulfide) groups is 1. The number of nitrogens with zero attached hydrogens (tertiary/aromatic N) is 1. The molecule has 1 aliphatic carbocycles. The highest BCUT2D eigenvalue weighted by molar-refractivity contribution is 7.99. The second kappa shape index (κ2) is 13.3. The van der Waals surface area contributed by atoms with E-state index in [0.29, 0.717) is 18.7 Å². The van der Waals surface area contributed by atoms with Gasteiger partial charge in [0.05, 0.1) is 5.75 Å². The lowest BCUT2D eigenvalue weighted by molar-refractivity contribution is -0.139. The van der Waals surface area contributed by atoms with Gasteiger partial charge in [0.15, 0.2) is 0 Å². The smallest absolute Gasteiger partial charge is 0.243 e. The van der Waals surface area contributed by atoms with E-state index in [-0.39, 0.29) is 29.4 Å². The van der Waals surface area contributed by atoms with Gasteiger partial charge in [0.25, 0.3) is 0 Å². The van der Waals surface area contributed by atoms with Gasteiger partial charge in [-0.2, -0.15) is 0 Å². The van der Waals surface area contributed by atoms with Crippen molar-refractivity contribution in [2.75, 3.05) is 5.75 Å². The Hall–Kier alpha value is -3.12. The molecule has 0 aliphatic heterocycles. The Morgan fingerprint density at radius 3 is 2.11 bits per heavy atom. The summed E-state index contributed by atoms with van der Waals surface area (Å²) in [5.41, 5.74) is 2.97. The van der Waals surface area contributed by atoms with Crippen molar-refractivity contribution in [3.05, 3.63) is 107 Å². The normalized spacial score (nSPS) is 14.4. The van der Waals surface area contributed by atoms with E-state index in [9.17, 15) is 14.0 Å². The fourth-order valence-electron chi connectivity index (χ4n) is 4.62. The number of hydrogen-bond donors (Lipinski definition) is 1. The zero-order valence-electron chi connectivity index (χ0n) is 20.4. The van der Waals surface area contributed by atoms with Crippen LogP contribution in [-0.4, -0.2) is 34.6 Å². The minimum atomic E-state index is -0.605. The predicted octanol–water partition coefficient (Wildman–Crippen LogP) is 5.76. The number of carbonyl (C=O) groups excluding carboxylic acids is 2. The summed E-state index contributed by atoms with van der Waals surface area (Å²) in [6, 6.07) is 25.6. The Kier molecular flexibility index (Phi) is 9.56. The standard InChI is InChI=1S/C30H33FN2O2S/c31-26-17-15-25(16-18-26)21-36-22-29(34)33(20-24-11-5-2-6-12-24)28(19-23-9-3-1-4-10-23)30(35)32-27-13-7-8-14-27/h1-6,9-12,15-18,27-28H,7-8,13-14,19-22H2,(H,32,35). The van der Waals surface area contributed by atoms with Crippen molar-refractivity contribution in [3.8, 4) is 0 Å². The maximum atomic E-state index is 13.6. The molecule has 3 aromatic carbocycles. The fraction of sp³-hybridized carbons (Fsp3) is 0.333. The van der Waals surface area contributed by atoms with Gasteiger partial charge in [-0.05, 0) is 41.7 Å². The summed E-state index contributed by atoms with van der Waals surface area (Å²) in [7, 11) is 0. The van der Waals surface area contributed by atoms with Crippen LogP contribution in [0.1, 0.15) is 42.4 Å². The van der Waals surface area contributed by atoms with E-state index >= 15 is 0 Å². The van der Waals surface area contributed by atoms with Crippen LogP contribution in [0.5, 0.6) is 0 Å². The largest absolute Gasteiger partial charge is 0.352 e. The van der Waals surface area contributed by atoms with E-state index in [1.54, 1.807) is 17.0 Å². The lowest BCUT2D eigenvalue weighted by Gasteiger charge is -2.32. The van der Waals surface area contributed by atoms with Crippen molar-refractivity contribution in [3.63, 3.8) is 0 Å². The van der Waals surface area contributed by atoms with Gasteiger partial charge in [-0.1, -0.05) is 85.6 Å². The van der Waals surface area contributed by atoms with Gasteiger partial charge in [-0.3, -0.25) is 9.59 Å². The molecule has 0 spiro atoms.